The molecule has 0 atom stereocenters. The lowest BCUT2D eigenvalue weighted by molar-refractivity contribution is 0.102. The van der Waals surface area contributed by atoms with Crippen LogP contribution in [0.25, 0.3) is 21.9 Å². The normalized spacial score (nSPS) is 11.1. The van der Waals surface area contributed by atoms with Crippen LogP contribution in [0.1, 0.15) is 21.8 Å². The van der Waals surface area contributed by atoms with Crippen molar-refractivity contribution in [1.82, 2.24) is 4.98 Å². The lowest BCUT2D eigenvalue weighted by Crippen LogP contribution is -2.13. The second-order valence-corrected chi connectivity index (χ2v) is 8.19. The van der Waals surface area contributed by atoms with Gasteiger partial charge in [-0.25, -0.2) is 4.98 Å². The number of hydrogen-bond acceptors (Lipinski definition) is 4. The monoisotopic (exact) mass is 486 g/mol. The van der Waals surface area contributed by atoms with Crippen LogP contribution in [0.2, 0.25) is 0 Å². The molecule has 0 spiro atoms. The summed E-state index contributed by atoms with van der Waals surface area (Å²) in [6.45, 7) is 0. The molecule has 0 bridgehead atoms. The van der Waals surface area contributed by atoms with Gasteiger partial charge in [-0.3, -0.25) is 4.79 Å². The van der Waals surface area contributed by atoms with Gasteiger partial charge in [0.1, 0.15) is 11.3 Å². The number of benzene rings is 4. The first-order valence-electron chi connectivity index (χ1n) is 10.1. The molecule has 0 radical (unpaired) electrons. The fourth-order valence-electron chi connectivity index (χ4n) is 3.75. The zero-order chi connectivity index (χ0) is 22.1. The Bertz CT molecular complexity index is 1440. The summed E-state index contributed by atoms with van der Waals surface area (Å²) >= 11 is 3.58. The maximum Gasteiger partial charge on any atom is 0.259 e. The van der Waals surface area contributed by atoms with Crippen LogP contribution < -0.4 is 10.1 Å². The molecule has 5 aromatic rings. The van der Waals surface area contributed by atoms with E-state index < -0.39 is 0 Å². The summed E-state index contributed by atoms with van der Waals surface area (Å²) in [7, 11) is 1.56. The van der Waals surface area contributed by atoms with Crippen LogP contribution >= 0.6 is 15.9 Å². The zero-order valence-electron chi connectivity index (χ0n) is 17.3. The first-order valence-corrected chi connectivity index (χ1v) is 10.9. The van der Waals surface area contributed by atoms with Crippen LogP contribution in [0.5, 0.6) is 5.75 Å². The number of nitrogens with zero attached hydrogens (tertiary/aromatic N) is 1. The lowest BCUT2D eigenvalue weighted by atomic mass is 10.1. The Balaban J connectivity index is 1.43. The van der Waals surface area contributed by atoms with E-state index in [-0.39, 0.29) is 5.91 Å². The van der Waals surface area contributed by atoms with Crippen LogP contribution in [0, 0.1) is 0 Å². The fraction of sp³-hybridized carbons (Fsp3) is 0.0769. The molecule has 1 amide bonds. The van der Waals surface area contributed by atoms with Gasteiger partial charge in [0.15, 0.2) is 11.5 Å². The van der Waals surface area contributed by atoms with Crippen molar-refractivity contribution < 1.29 is 13.9 Å². The molecule has 158 valence electrons. The van der Waals surface area contributed by atoms with Gasteiger partial charge >= 0.3 is 0 Å². The summed E-state index contributed by atoms with van der Waals surface area (Å²) in [6.07, 6.45) is 0.611. The second kappa shape index (κ2) is 8.48. The number of nitrogens with one attached hydrogen (secondary N) is 1. The summed E-state index contributed by atoms with van der Waals surface area (Å²) in [5.41, 5.74) is 3.58. The van der Waals surface area contributed by atoms with Gasteiger partial charge in [-0.1, -0.05) is 54.6 Å². The molecular weight excluding hydrogens is 468 g/mol. The minimum absolute atomic E-state index is 0.263. The van der Waals surface area contributed by atoms with Gasteiger partial charge in [-0.05, 0) is 56.5 Å². The molecule has 1 aromatic heterocycles. The molecule has 1 heterocycles. The third kappa shape index (κ3) is 3.85. The minimum atomic E-state index is -0.263. The van der Waals surface area contributed by atoms with Crippen molar-refractivity contribution in [2.75, 3.05) is 12.4 Å². The second-order valence-electron chi connectivity index (χ2n) is 7.40. The van der Waals surface area contributed by atoms with Crippen molar-refractivity contribution >= 4 is 49.4 Å². The number of halogens is 1. The zero-order valence-corrected chi connectivity index (χ0v) is 18.8. The number of amides is 1. The third-order valence-electron chi connectivity index (χ3n) is 5.28. The van der Waals surface area contributed by atoms with Crippen molar-refractivity contribution in [1.29, 1.82) is 0 Å². The summed E-state index contributed by atoms with van der Waals surface area (Å²) in [5.74, 6) is 0.865. The predicted molar refractivity (Wildman–Crippen MR) is 129 cm³/mol. The largest absolute Gasteiger partial charge is 0.495 e. The lowest BCUT2D eigenvalue weighted by Gasteiger charge is -2.13. The van der Waals surface area contributed by atoms with E-state index in [4.69, 9.17) is 9.15 Å². The van der Waals surface area contributed by atoms with Crippen LogP contribution in [0.15, 0.2) is 87.8 Å². The van der Waals surface area contributed by atoms with E-state index in [1.807, 2.05) is 72.8 Å². The highest BCUT2D eigenvalue weighted by Crippen LogP contribution is 2.37. The molecule has 0 aliphatic carbocycles. The maximum absolute atomic E-state index is 13.1. The van der Waals surface area contributed by atoms with Crippen LogP contribution in [0.4, 0.5) is 5.69 Å². The molecule has 0 saturated heterocycles. The van der Waals surface area contributed by atoms with Crippen molar-refractivity contribution in [3.8, 4) is 5.75 Å². The molecule has 32 heavy (non-hydrogen) atoms. The molecule has 1 N–H and O–H groups in total. The highest BCUT2D eigenvalue weighted by Gasteiger charge is 2.19. The van der Waals surface area contributed by atoms with Gasteiger partial charge in [-0.2, -0.15) is 0 Å². The van der Waals surface area contributed by atoms with Crippen molar-refractivity contribution in [2.24, 2.45) is 0 Å². The minimum Gasteiger partial charge on any atom is -0.495 e. The number of carbonyl (C=O) groups excluding carboxylic acids is 1. The molecule has 4 aromatic carbocycles. The number of oxazole rings is 1. The average molecular weight is 487 g/mol. The van der Waals surface area contributed by atoms with Crippen LogP contribution in [0.3, 0.4) is 0 Å². The molecule has 6 heteroatoms. The van der Waals surface area contributed by atoms with Crippen LogP contribution in [-0.2, 0) is 6.42 Å². The Morgan fingerprint density at radius 2 is 1.81 bits per heavy atom. The molecule has 0 unspecified atom stereocenters. The summed E-state index contributed by atoms with van der Waals surface area (Å²) < 4.78 is 12.2. The van der Waals surface area contributed by atoms with Crippen molar-refractivity contribution in [3.63, 3.8) is 0 Å². The number of rotatable bonds is 5. The van der Waals surface area contributed by atoms with Gasteiger partial charge < -0.3 is 14.5 Å². The summed E-state index contributed by atoms with van der Waals surface area (Å²) in [6, 6.07) is 25.1. The van der Waals surface area contributed by atoms with Gasteiger partial charge in [0.25, 0.3) is 5.91 Å². The van der Waals surface area contributed by atoms with E-state index in [0.29, 0.717) is 40.4 Å². The first kappa shape index (κ1) is 20.3. The van der Waals surface area contributed by atoms with E-state index in [1.54, 1.807) is 13.2 Å². The third-order valence-corrected chi connectivity index (χ3v) is 6.07. The number of anilines is 1. The SMILES string of the molecule is COc1c(C(=O)Nc2ccc3oc(Cc4ccccc4)nc3c2)cc2ccccc2c1Br. The Hall–Kier alpha value is -3.64. The molecule has 5 rings (SSSR count). The molecular formula is C26H19BrN2O3. The smallest absolute Gasteiger partial charge is 0.259 e. The topological polar surface area (TPSA) is 64.4 Å². The summed E-state index contributed by atoms with van der Waals surface area (Å²) in [5, 5.41) is 4.88. The molecule has 0 saturated carbocycles. The van der Waals surface area contributed by atoms with Crippen molar-refractivity contribution in [2.45, 2.75) is 6.42 Å². The first-order chi connectivity index (χ1) is 15.6. The number of carbonyl (C=O) groups is 1. The quantitative estimate of drug-likeness (QED) is 0.304. The van der Waals surface area contributed by atoms with Crippen LogP contribution in [-0.4, -0.2) is 18.0 Å². The Labute approximate surface area is 193 Å². The fourth-order valence-corrected chi connectivity index (χ4v) is 4.49. The Morgan fingerprint density at radius 3 is 2.62 bits per heavy atom. The molecule has 0 fully saturated rings. The number of aromatic nitrogens is 1. The molecule has 0 aliphatic heterocycles. The average Bonchev–Trinajstić information content (AvgIpc) is 3.21. The number of hydrogen-bond donors (Lipinski definition) is 1. The van der Waals surface area contributed by atoms with E-state index in [1.165, 1.54) is 0 Å². The van der Waals surface area contributed by atoms with Gasteiger partial charge in [-0.15, -0.1) is 0 Å². The number of fused-ring (bicyclic) bond motifs is 2. The van der Waals surface area contributed by atoms with Gasteiger partial charge in [0.05, 0.1) is 17.1 Å². The Kier molecular flexibility index (Phi) is 5.37. The van der Waals surface area contributed by atoms with E-state index in [9.17, 15) is 4.79 Å². The predicted octanol–water partition coefficient (Wildman–Crippen LogP) is 6.60. The molecule has 5 nitrogen and oxygen atoms in total. The highest BCUT2D eigenvalue weighted by molar-refractivity contribution is 9.10. The standard InChI is InChI=1S/C26H19BrN2O3/c1-31-25-20(14-17-9-5-6-10-19(17)24(25)27)26(30)28-18-11-12-22-21(15-18)29-23(32-22)13-16-7-3-2-4-8-16/h2-12,14-15H,13H2,1H3,(H,28,30). The maximum atomic E-state index is 13.1. The highest BCUT2D eigenvalue weighted by atomic mass is 79.9. The Morgan fingerprint density at radius 1 is 1.03 bits per heavy atom. The summed E-state index contributed by atoms with van der Waals surface area (Å²) in [4.78, 5) is 17.7. The van der Waals surface area contributed by atoms with Crippen molar-refractivity contribution in [3.05, 3.63) is 100 Å². The van der Waals surface area contributed by atoms with Gasteiger partial charge in [0, 0.05) is 12.1 Å². The number of ether oxygens (including phenoxy) is 1. The van der Waals surface area contributed by atoms with Gasteiger partial charge in [0.2, 0.25) is 0 Å². The van der Waals surface area contributed by atoms with E-state index >= 15 is 0 Å². The number of methoxy groups -OCH3 is 1. The van der Waals surface area contributed by atoms with E-state index in [0.717, 1.165) is 20.8 Å². The molecule has 0 aliphatic rings. The van der Waals surface area contributed by atoms with E-state index in [2.05, 4.69) is 26.2 Å².